The zero-order valence-electron chi connectivity index (χ0n) is 9.83. The maximum atomic E-state index is 9.06. The molecular formula is C12H18BrClNO2+. The van der Waals surface area contributed by atoms with Gasteiger partial charge in [-0.3, -0.25) is 0 Å². The summed E-state index contributed by atoms with van der Waals surface area (Å²) in [6, 6.07) is 5.57. The Morgan fingerprint density at radius 2 is 2.29 bits per heavy atom. The summed E-state index contributed by atoms with van der Waals surface area (Å²) < 4.78 is 6.51. The van der Waals surface area contributed by atoms with E-state index in [-0.39, 0.29) is 6.10 Å². The third kappa shape index (κ3) is 6.27. The molecule has 0 spiro atoms. The summed E-state index contributed by atoms with van der Waals surface area (Å²) >= 11 is 9.36. The van der Waals surface area contributed by atoms with E-state index in [9.17, 15) is 0 Å². The highest BCUT2D eigenvalue weighted by Crippen LogP contribution is 2.27. The van der Waals surface area contributed by atoms with Gasteiger partial charge >= 0.3 is 0 Å². The number of halogens is 2. The first-order chi connectivity index (χ1) is 8.09. The summed E-state index contributed by atoms with van der Waals surface area (Å²) in [5, 5.41) is 11.8. The van der Waals surface area contributed by atoms with Gasteiger partial charge in [-0.25, -0.2) is 0 Å². The van der Waals surface area contributed by atoms with Crippen LogP contribution in [0.25, 0.3) is 0 Å². The summed E-state index contributed by atoms with van der Waals surface area (Å²) in [5.74, 6) is 0.713. The second kappa shape index (κ2) is 7.93. The van der Waals surface area contributed by atoms with Crippen LogP contribution < -0.4 is 10.1 Å². The van der Waals surface area contributed by atoms with Crippen LogP contribution >= 0.6 is 27.5 Å². The predicted molar refractivity (Wildman–Crippen MR) is 72.6 cm³/mol. The Morgan fingerprint density at radius 3 is 2.94 bits per heavy atom. The lowest BCUT2D eigenvalue weighted by Gasteiger charge is -2.08. The Balaban J connectivity index is 2.18. The number of hydrogen-bond donors (Lipinski definition) is 2. The smallest absolute Gasteiger partial charge is 0.137 e. The van der Waals surface area contributed by atoms with E-state index >= 15 is 0 Å². The van der Waals surface area contributed by atoms with Gasteiger partial charge in [-0.2, -0.15) is 0 Å². The molecule has 96 valence electrons. The monoisotopic (exact) mass is 322 g/mol. The molecule has 0 radical (unpaired) electrons. The fraction of sp³-hybridized carbons (Fsp3) is 0.500. The lowest BCUT2D eigenvalue weighted by molar-refractivity contribution is -0.660. The lowest BCUT2D eigenvalue weighted by Crippen LogP contribution is -2.86. The maximum Gasteiger partial charge on any atom is 0.137 e. The van der Waals surface area contributed by atoms with Crippen molar-refractivity contribution >= 4 is 27.5 Å². The molecule has 0 heterocycles. The second-order valence-electron chi connectivity index (χ2n) is 3.94. The fourth-order valence-corrected chi connectivity index (χ4v) is 2.09. The molecule has 0 bridgehead atoms. The van der Waals surface area contributed by atoms with Gasteiger partial charge in [0.25, 0.3) is 0 Å². The summed E-state index contributed by atoms with van der Waals surface area (Å²) in [4.78, 5) is 0. The van der Waals surface area contributed by atoms with E-state index in [1.54, 1.807) is 6.92 Å². The first-order valence-electron chi connectivity index (χ1n) is 5.67. The summed E-state index contributed by atoms with van der Waals surface area (Å²) in [6.07, 6.45) is 0.677. The van der Waals surface area contributed by atoms with E-state index in [1.807, 2.05) is 18.2 Å². The number of hydrogen-bond acceptors (Lipinski definition) is 2. The molecule has 0 aliphatic heterocycles. The van der Waals surface area contributed by atoms with Crippen LogP contribution in [0.2, 0.25) is 5.02 Å². The molecule has 17 heavy (non-hydrogen) atoms. The van der Waals surface area contributed by atoms with Crippen molar-refractivity contribution in [2.45, 2.75) is 19.4 Å². The second-order valence-corrected chi connectivity index (χ2v) is 5.26. The van der Waals surface area contributed by atoms with Gasteiger partial charge in [0.1, 0.15) is 12.3 Å². The molecule has 3 nitrogen and oxygen atoms in total. The SMILES string of the molecule is C[C@H](O)C[NH2+]CCCOc1ccc(Br)cc1Cl. The number of nitrogens with two attached hydrogens (primary N) is 1. The lowest BCUT2D eigenvalue weighted by atomic mass is 10.3. The minimum absolute atomic E-state index is 0.253. The Bertz CT molecular complexity index is 347. The summed E-state index contributed by atoms with van der Waals surface area (Å²) in [6.45, 7) is 4.10. The van der Waals surface area contributed by atoms with Crippen LogP contribution in [-0.4, -0.2) is 30.9 Å². The summed E-state index contributed by atoms with van der Waals surface area (Å²) in [5.41, 5.74) is 0. The quantitative estimate of drug-likeness (QED) is 0.752. The molecule has 1 atom stereocenters. The molecule has 0 fully saturated rings. The average Bonchev–Trinajstić information content (AvgIpc) is 2.25. The fourth-order valence-electron chi connectivity index (χ4n) is 1.36. The number of aliphatic hydroxyl groups is 1. The molecule has 0 saturated heterocycles. The molecule has 3 N–H and O–H groups in total. The topological polar surface area (TPSA) is 46.1 Å². The third-order valence-corrected chi connectivity index (χ3v) is 3.00. The standard InChI is InChI=1S/C12H17BrClNO2/c1-9(16)8-15-5-2-6-17-12-4-3-10(13)7-11(12)14/h3-4,7,9,15-16H,2,5-6,8H2,1H3/p+1/t9-/m0/s1. The Labute approximate surface area is 115 Å². The Kier molecular flexibility index (Phi) is 6.89. The zero-order valence-corrected chi connectivity index (χ0v) is 12.2. The number of rotatable bonds is 7. The van der Waals surface area contributed by atoms with Gasteiger partial charge in [-0.05, 0) is 25.1 Å². The van der Waals surface area contributed by atoms with E-state index in [0.29, 0.717) is 17.4 Å². The van der Waals surface area contributed by atoms with Crippen molar-refractivity contribution in [1.82, 2.24) is 0 Å². The van der Waals surface area contributed by atoms with Crippen molar-refractivity contribution in [1.29, 1.82) is 0 Å². The van der Waals surface area contributed by atoms with Crippen LogP contribution in [0.5, 0.6) is 5.75 Å². The van der Waals surface area contributed by atoms with E-state index in [2.05, 4.69) is 21.2 Å². The Hall–Kier alpha value is -0.290. The first kappa shape index (κ1) is 14.8. The molecule has 1 aromatic carbocycles. The van der Waals surface area contributed by atoms with Gasteiger partial charge in [-0.1, -0.05) is 27.5 Å². The highest BCUT2D eigenvalue weighted by molar-refractivity contribution is 9.10. The van der Waals surface area contributed by atoms with Gasteiger partial charge in [-0.15, -0.1) is 0 Å². The third-order valence-electron chi connectivity index (χ3n) is 2.21. The zero-order chi connectivity index (χ0) is 12.7. The van der Waals surface area contributed by atoms with Gasteiger partial charge in [0.15, 0.2) is 0 Å². The number of aliphatic hydroxyl groups excluding tert-OH is 1. The van der Waals surface area contributed by atoms with Crippen LogP contribution in [-0.2, 0) is 0 Å². The minimum Gasteiger partial charge on any atom is -0.492 e. The molecule has 5 heteroatoms. The molecule has 0 aliphatic rings. The predicted octanol–water partition coefficient (Wildman–Crippen LogP) is 1.82. The van der Waals surface area contributed by atoms with E-state index in [0.717, 1.165) is 24.0 Å². The van der Waals surface area contributed by atoms with Crippen LogP contribution in [0.1, 0.15) is 13.3 Å². The normalized spacial score (nSPS) is 12.5. The number of benzene rings is 1. The molecule has 0 saturated carbocycles. The Morgan fingerprint density at radius 1 is 1.53 bits per heavy atom. The van der Waals surface area contributed by atoms with Crippen LogP contribution in [0.15, 0.2) is 22.7 Å². The van der Waals surface area contributed by atoms with Crippen molar-refractivity contribution in [3.8, 4) is 5.75 Å². The minimum atomic E-state index is -0.253. The van der Waals surface area contributed by atoms with Crippen LogP contribution in [0, 0.1) is 0 Å². The largest absolute Gasteiger partial charge is 0.492 e. The van der Waals surface area contributed by atoms with Crippen molar-refractivity contribution in [2.24, 2.45) is 0 Å². The maximum absolute atomic E-state index is 9.06. The number of ether oxygens (including phenoxy) is 1. The molecule has 1 aromatic rings. The van der Waals surface area contributed by atoms with Crippen molar-refractivity contribution in [3.63, 3.8) is 0 Å². The first-order valence-corrected chi connectivity index (χ1v) is 6.84. The van der Waals surface area contributed by atoms with E-state index < -0.39 is 0 Å². The van der Waals surface area contributed by atoms with Crippen molar-refractivity contribution < 1.29 is 15.2 Å². The highest BCUT2D eigenvalue weighted by atomic mass is 79.9. The molecule has 0 aliphatic carbocycles. The van der Waals surface area contributed by atoms with Gasteiger partial charge in [0.05, 0.1) is 24.3 Å². The van der Waals surface area contributed by atoms with Crippen molar-refractivity contribution in [3.05, 3.63) is 27.7 Å². The van der Waals surface area contributed by atoms with Gasteiger partial charge < -0.3 is 15.2 Å². The van der Waals surface area contributed by atoms with Crippen LogP contribution in [0.3, 0.4) is 0 Å². The average molecular weight is 324 g/mol. The molecular weight excluding hydrogens is 305 g/mol. The van der Waals surface area contributed by atoms with Gasteiger partial charge in [0, 0.05) is 10.9 Å². The molecule has 1 rings (SSSR count). The van der Waals surface area contributed by atoms with E-state index in [1.165, 1.54) is 0 Å². The highest BCUT2D eigenvalue weighted by Gasteiger charge is 2.02. The molecule has 0 aromatic heterocycles. The molecule has 0 unspecified atom stereocenters. The van der Waals surface area contributed by atoms with E-state index in [4.69, 9.17) is 21.4 Å². The molecule has 0 amide bonds. The summed E-state index contributed by atoms with van der Waals surface area (Å²) in [7, 11) is 0. The van der Waals surface area contributed by atoms with Crippen LogP contribution in [0.4, 0.5) is 0 Å². The van der Waals surface area contributed by atoms with Gasteiger partial charge in [0.2, 0.25) is 0 Å². The number of quaternary nitrogens is 1. The van der Waals surface area contributed by atoms with Crippen molar-refractivity contribution in [2.75, 3.05) is 19.7 Å².